The van der Waals surface area contributed by atoms with Gasteiger partial charge in [-0.2, -0.15) is 0 Å². The van der Waals surface area contributed by atoms with Crippen molar-refractivity contribution in [1.82, 2.24) is 25.6 Å². The third-order valence-corrected chi connectivity index (χ3v) is 11.0. The van der Waals surface area contributed by atoms with Crippen molar-refractivity contribution in [3.8, 4) is 0 Å². The molecule has 3 heterocycles. The summed E-state index contributed by atoms with van der Waals surface area (Å²) in [7, 11) is 2.81. The monoisotopic (exact) mass is 956 g/mol. The van der Waals surface area contributed by atoms with Crippen LogP contribution < -0.4 is 16.4 Å². The molecule has 0 aromatic carbocycles. The van der Waals surface area contributed by atoms with Crippen molar-refractivity contribution in [2.75, 3.05) is 20.8 Å². The van der Waals surface area contributed by atoms with Crippen LogP contribution in [0.3, 0.4) is 0 Å². The summed E-state index contributed by atoms with van der Waals surface area (Å²) in [5.74, 6) is -6.19. The number of nitrogens with two attached hydrogens (primary N) is 1. The van der Waals surface area contributed by atoms with Gasteiger partial charge in [-0.1, -0.05) is 43.4 Å². The van der Waals surface area contributed by atoms with Crippen molar-refractivity contribution < 1.29 is 81.4 Å². The van der Waals surface area contributed by atoms with Crippen LogP contribution in [0.2, 0.25) is 0 Å². The lowest BCUT2D eigenvalue weighted by molar-refractivity contribution is -0.270. The summed E-state index contributed by atoms with van der Waals surface area (Å²) in [6.07, 6.45) is -3.24. The molecule has 3 aliphatic rings. The zero-order valence-electron chi connectivity index (χ0n) is 39.5. The number of hydrogen-bond acceptors (Lipinski definition) is 20. The van der Waals surface area contributed by atoms with Gasteiger partial charge in [0, 0.05) is 65.1 Å². The molecule has 2 aliphatic heterocycles. The van der Waals surface area contributed by atoms with E-state index < -0.39 is 121 Å². The standard InChI is InChI=1S/C45H60N6O17/c1-21-14-30-36(47-18-29-19-51(50-49-29)44-42(66-28(8)55)41(65-27(7)54)40(64-26(6)53)35(67-44)20-63-25(5)52)32(56)17-31(38(30)58)48-43(59)22(2)12-11-13-33(61-9)39(68-45(46)60)24(4)16-23(3)37(57)34(15-21)62-10/h11-13,16-17,19,21,23,33-35,37,39-42,44,47,57H,14-15,18,20H2,1-10H3,(H2,46,60)(H,48,59)/b13-11-,22-12+,24-16+/t21-,23+,33+,34+,35-,37-,39+,40+,41+,42-,44-/m1/s1. The molecule has 2 amide bonds. The minimum atomic E-state index is -1.49. The first-order chi connectivity index (χ1) is 32.0. The molecular formula is C45H60N6O17. The number of nitrogens with one attached hydrogen (secondary N) is 2. The molecule has 23 heteroatoms. The summed E-state index contributed by atoms with van der Waals surface area (Å²) in [5, 5.41) is 25.4. The van der Waals surface area contributed by atoms with Crippen LogP contribution in [0.5, 0.6) is 0 Å². The maximum absolute atomic E-state index is 14.3. The smallest absolute Gasteiger partial charge is 0.405 e. The van der Waals surface area contributed by atoms with Crippen LogP contribution in [-0.4, -0.2) is 137 Å². The van der Waals surface area contributed by atoms with Gasteiger partial charge in [0.05, 0.1) is 36.3 Å². The van der Waals surface area contributed by atoms with Crippen LogP contribution in [0.4, 0.5) is 4.79 Å². The highest BCUT2D eigenvalue weighted by molar-refractivity contribution is 6.23. The Hall–Kier alpha value is -6.56. The van der Waals surface area contributed by atoms with Gasteiger partial charge in [0.25, 0.3) is 5.91 Å². The van der Waals surface area contributed by atoms with E-state index >= 15 is 0 Å². The van der Waals surface area contributed by atoms with E-state index in [1.165, 1.54) is 45.6 Å². The van der Waals surface area contributed by atoms with Gasteiger partial charge in [-0.05, 0) is 38.2 Å². The van der Waals surface area contributed by atoms with Gasteiger partial charge in [0.2, 0.25) is 11.6 Å². The topological polar surface area (TPSA) is 311 Å². The number of aliphatic hydroxyl groups excluding tert-OH is 1. The molecule has 11 atom stereocenters. The first kappa shape index (κ1) is 54.0. The number of esters is 4. The first-order valence-corrected chi connectivity index (χ1v) is 21.6. The highest BCUT2D eigenvalue weighted by Gasteiger charge is 2.53. The fourth-order valence-electron chi connectivity index (χ4n) is 7.89. The summed E-state index contributed by atoms with van der Waals surface area (Å²) in [6.45, 7) is 10.4. The van der Waals surface area contributed by atoms with Crippen molar-refractivity contribution in [3.63, 3.8) is 0 Å². The van der Waals surface area contributed by atoms with Crippen LogP contribution in [0, 0.1) is 11.8 Å². The molecule has 0 unspecified atom stereocenters. The number of aliphatic hydroxyl groups is 1. The average molecular weight is 957 g/mol. The van der Waals surface area contributed by atoms with E-state index in [-0.39, 0.29) is 47.6 Å². The molecule has 5 N–H and O–H groups in total. The highest BCUT2D eigenvalue weighted by Crippen LogP contribution is 2.35. The number of nitrogens with zero attached hydrogens (tertiary/aromatic N) is 3. The van der Waals surface area contributed by atoms with Crippen molar-refractivity contribution in [2.45, 2.75) is 130 Å². The number of amides is 2. The van der Waals surface area contributed by atoms with E-state index in [1.807, 2.05) is 0 Å². The lowest BCUT2D eigenvalue weighted by Gasteiger charge is -2.44. The number of primary amides is 1. The maximum atomic E-state index is 14.3. The molecule has 1 fully saturated rings. The summed E-state index contributed by atoms with van der Waals surface area (Å²) >= 11 is 0. The van der Waals surface area contributed by atoms with Gasteiger partial charge in [0.15, 0.2) is 30.6 Å². The Balaban J connectivity index is 1.72. The number of ketones is 2. The van der Waals surface area contributed by atoms with Crippen molar-refractivity contribution in [2.24, 2.45) is 17.6 Å². The molecule has 68 heavy (non-hydrogen) atoms. The van der Waals surface area contributed by atoms with Crippen molar-refractivity contribution in [1.29, 1.82) is 0 Å². The van der Waals surface area contributed by atoms with Gasteiger partial charge in [-0.25, -0.2) is 9.48 Å². The number of allylic oxidation sites excluding steroid dienone is 4. The number of aromatic nitrogens is 3. The highest BCUT2D eigenvalue weighted by atomic mass is 16.7. The molecule has 0 saturated carbocycles. The molecule has 1 saturated heterocycles. The number of Topliss-reactive ketones (excluding diaryl/α,β-unsaturated/α-hetero) is 1. The first-order valence-electron chi connectivity index (χ1n) is 21.6. The van der Waals surface area contributed by atoms with Crippen LogP contribution in [0.25, 0.3) is 0 Å². The second-order valence-electron chi connectivity index (χ2n) is 16.6. The molecule has 4 rings (SSSR count). The number of hydrogen-bond donors (Lipinski definition) is 4. The maximum Gasteiger partial charge on any atom is 0.405 e. The predicted molar refractivity (Wildman–Crippen MR) is 234 cm³/mol. The Labute approximate surface area is 392 Å². The summed E-state index contributed by atoms with van der Waals surface area (Å²) in [5.41, 5.74) is 5.81. The van der Waals surface area contributed by atoms with Gasteiger partial charge in [-0.15, -0.1) is 5.10 Å². The SMILES string of the molecule is CO[C@H]1/C=C\C=C(/C)C(=O)NC2=CC(=O)C(NCc3cn([C@@H]4O[C@H](COC(C)=O)[C@H](OC(C)=O)[C@H](OC(C)=O)[C@H]4OC(C)=O)nn3)=C(C[C@@H](C)C[C@H](OC)[C@H](O)[C@@H](C)/C=C(\C)[C@@H]1OC(N)=O)C2=O. The van der Waals surface area contributed by atoms with Crippen LogP contribution in [0.1, 0.15) is 80.2 Å². The molecule has 1 aliphatic carbocycles. The van der Waals surface area contributed by atoms with E-state index in [0.29, 0.717) is 5.57 Å². The molecule has 372 valence electrons. The summed E-state index contributed by atoms with van der Waals surface area (Å²) in [6, 6.07) is 0. The quantitative estimate of drug-likeness (QED) is 0.0996. The lowest BCUT2D eigenvalue weighted by atomic mass is 9.85. The molecular weight excluding hydrogens is 897 g/mol. The normalized spacial score (nSPS) is 30.5. The third-order valence-electron chi connectivity index (χ3n) is 11.0. The van der Waals surface area contributed by atoms with E-state index in [0.717, 1.165) is 38.5 Å². The number of carbonyl (C=O) groups excluding carboxylic acids is 8. The number of carbonyl (C=O) groups is 8. The molecule has 23 nitrogen and oxygen atoms in total. The average Bonchev–Trinajstić information content (AvgIpc) is 3.73. The number of methoxy groups -OCH3 is 2. The fraction of sp³-hybridized carbons (Fsp3) is 0.556. The predicted octanol–water partition coefficient (Wildman–Crippen LogP) is 1.40. The molecule has 0 radical (unpaired) electrons. The summed E-state index contributed by atoms with van der Waals surface area (Å²) in [4.78, 5) is 102. The van der Waals surface area contributed by atoms with E-state index in [9.17, 15) is 43.5 Å². The van der Waals surface area contributed by atoms with Crippen LogP contribution >= 0.6 is 0 Å². The molecule has 1 aromatic rings. The lowest BCUT2D eigenvalue weighted by Crippen LogP contribution is -2.60. The molecule has 1 aromatic heterocycles. The Morgan fingerprint density at radius 3 is 2.18 bits per heavy atom. The second kappa shape index (κ2) is 24.5. The zero-order chi connectivity index (χ0) is 50.6. The Morgan fingerprint density at radius 2 is 1.57 bits per heavy atom. The number of ether oxygens (including phenoxy) is 8. The van der Waals surface area contributed by atoms with E-state index in [4.69, 9.17) is 43.6 Å². The van der Waals surface area contributed by atoms with E-state index in [2.05, 4.69) is 20.9 Å². The van der Waals surface area contributed by atoms with Gasteiger partial charge >= 0.3 is 30.0 Å². The van der Waals surface area contributed by atoms with Crippen LogP contribution in [0.15, 0.2) is 64.7 Å². The largest absolute Gasteiger partial charge is 0.463 e. The van der Waals surface area contributed by atoms with Gasteiger partial charge < -0.3 is 59.4 Å². The van der Waals surface area contributed by atoms with Crippen molar-refractivity contribution >= 4 is 47.4 Å². The summed E-state index contributed by atoms with van der Waals surface area (Å²) < 4.78 is 45.7. The number of fused-ring (bicyclic) bond motifs is 2. The van der Waals surface area contributed by atoms with Gasteiger partial charge in [0.1, 0.15) is 24.5 Å². The minimum absolute atomic E-state index is 0.00855. The minimum Gasteiger partial charge on any atom is -0.463 e. The van der Waals surface area contributed by atoms with Gasteiger partial charge in [-0.3, -0.25) is 33.6 Å². The molecule has 0 spiro atoms. The number of rotatable bonds is 12. The van der Waals surface area contributed by atoms with Crippen molar-refractivity contribution in [3.05, 3.63) is 70.4 Å². The third kappa shape index (κ3) is 14.5. The Bertz CT molecular complexity index is 2250. The van der Waals surface area contributed by atoms with Crippen LogP contribution in [-0.2, 0) is 78.0 Å². The van der Waals surface area contributed by atoms with E-state index in [1.54, 1.807) is 26.8 Å². The molecule has 2 bridgehead atoms. The zero-order valence-corrected chi connectivity index (χ0v) is 39.5. The second-order valence-corrected chi connectivity index (χ2v) is 16.6. The Kier molecular flexibility index (Phi) is 19.4. The fourth-order valence-corrected chi connectivity index (χ4v) is 7.89. The Morgan fingerprint density at radius 1 is 0.926 bits per heavy atom.